The monoisotopic (exact) mass is 270 g/mol. The van der Waals surface area contributed by atoms with E-state index in [4.69, 9.17) is 9.47 Å². The summed E-state index contributed by atoms with van der Waals surface area (Å²) in [7, 11) is 0. The van der Waals surface area contributed by atoms with E-state index in [1.54, 1.807) is 55.5 Å². The van der Waals surface area contributed by atoms with Gasteiger partial charge in [-0.3, -0.25) is 0 Å². The lowest BCUT2D eigenvalue weighted by Crippen LogP contribution is -2.12. The lowest BCUT2D eigenvalue weighted by atomic mass is 10.2. The Labute approximate surface area is 116 Å². The summed E-state index contributed by atoms with van der Waals surface area (Å²) in [5.41, 5.74) is 0.657. The molecule has 0 aliphatic rings. The molecule has 0 saturated heterocycles. The van der Waals surface area contributed by atoms with E-state index in [1.807, 2.05) is 6.07 Å². The highest BCUT2D eigenvalue weighted by Crippen LogP contribution is 2.20. The van der Waals surface area contributed by atoms with Crippen LogP contribution in [0.3, 0.4) is 0 Å². The molecule has 0 unspecified atom stereocenters. The van der Waals surface area contributed by atoms with Gasteiger partial charge in [0.25, 0.3) is 0 Å². The Bertz CT molecular complexity index is 605. The minimum atomic E-state index is -0.512. The topological polar surface area (TPSA) is 52.6 Å². The minimum absolute atomic E-state index is 0.194. The second-order valence-electron chi connectivity index (χ2n) is 3.97. The Morgan fingerprint density at radius 2 is 1.55 bits per heavy atom. The van der Waals surface area contributed by atoms with Gasteiger partial charge in [-0.15, -0.1) is 0 Å². The number of hydrogen-bond donors (Lipinski definition) is 0. The Balaban J connectivity index is 2.21. The van der Waals surface area contributed by atoms with Gasteiger partial charge < -0.3 is 9.47 Å². The van der Waals surface area contributed by atoms with E-state index in [1.165, 1.54) is 0 Å². The third-order valence-corrected chi connectivity index (χ3v) is 2.59. The highest BCUT2D eigenvalue weighted by Gasteiger charge is 2.16. The Kier molecular flexibility index (Phi) is 4.50. The first-order valence-electron chi connectivity index (χ1n) is 6.25. The van der Waals surface area contributed by atoms with Gasteiger partial charge in [0.1, 0.15) is 11.3 Å². The van der Waals surface area contributed by atoms with Crippen molar-refractivity contribution < 1.29 is 19.1 Å². The maximum Gasteiger partial charge on any atom is 0.343 e. The van der Waals surface area contributed by atoms with Crippen LogP contribution in [0.15, 0.2) is 54.6 Å². The summed E-state index contributed by atoms with van der Waals surface area (Å²) in [6, 6.07) is 15.1. The van der Waals surface area contributed by atoms with Gasteiger partial charge in [0.2, 0.25) is 0 Å². The normalized spacial score (nSPS) is 9.85. The lowest BCUT2D eigenvalue weighted by Gasteiger charge is -2.09. The fourth-order valence-electron chi connectivity index (χ4n) is 1.67. The molecule has 0 radical (unpaired) electrons. The maximum absolute atomic E-state index is 12.0. The maximum atomic E-state index is 12.0. The molecule has 0 atom stereocenters. The number of rotatable bonds is 4. The molecule has 0 aliphatic heterocycles. The highest BCUT2D eigenvalue weighted by atomic mass is 16.5. The molecule has 4 heteroatoms. The van der Waals surface area contributed by atoms with Crippen LogP contribution < -0.4 is 4.74 Å². The zero-order valence-corrected chi connectivity index (χ0v) is 11.0. The summed E-state index contributed by atoms with van der Waals surface area (Å²) in [5.74, 6) is -0.828. The van der Waals surface area contributed by atoms with Gasteiger partial charge in [0, 0.05) is 0 Å². The molecule has 20 heavy (non-hydrogen) atoms. The highest BCUT2D eigenvalue weighted by molar-refractivity contribution is 5.96. The largest absolute Gasteiger partial charge is 0.462 e. The van der Waals surface area contributed by atoms with Crippen LogP contribution in [0.25, 0.3) is 0 Å². The predicted octanol–water partition coefficient (Wildman–Crippen LogP) is 3.08. The van der Waals surface area contributed by atoms with E-state index in [0.717, 1.165) is 0 Å². The van der Waals surface area contributed by atoms with Crippen LogP contribution in [0.5, 0.6) is 5.75 Å². The Hall–Kier alpha value is -2.62. The molecule has 0 aromatic heterocycles. The minimum Gasteiger partial charge on any atom is -0.462 e. The molecule has 0 aliphatic carbocycles. The van der Waals surface area contributed by atoms with E-state index < -0.39 is 11.9 Å². The van der Waals surface area contributed by atoms with E-state index >= 15 is 0 Å². The molecule has 0 heterocycles. The number of hydrogen-bond acceptors (Lipinski definition) is 4. The first-order valence-corrected chi connectivity index (χ1v) is 6.25. The zero-order valence-electron chi connectivity index (χ0n) is 11.0. The zero-order chi connectivity index (χ0) is 14.4. The van der Waals surface area contributed by atoms with Crippen LogP contribution in [-0.4, -0.2) is 18.5 Å². The van der Waals surface area contributed by atoms with Crippen molar-refractivity contribution in [1.82, 2.24) is 0 Å². The summed E-state index contributed by atoms with van der Waals surface area (Å²) in [4.78, 5) is 23.7. The third-order valence-electron chi connectivity index (χ3n) is 2.59. The molecule has 2 aromatic rings. The molecular formula is C16H14O4. The third kappa shape index (κ3) is 3.23. The summed E-state index contributed by atoms with van der Waals surface area (Å²) >= 11 is 0. The van der Waals surface area contributed by atoms with Crippen LogP contribution in [0.4, 0.5) is 0 Å². The molecular weight excluding hydrogens is 256 g/mol. The molecule has 0 amide bonds. The molecule has 4 nitrogen and oxygen atoms in total. The number of benzene rings is 2. The fraction of sp³-hybridized carbons (Fsp3) is 0.125. The van der Waals surface area contributed by atoms with Gasteiger partial charge in [-0.2, -0.15) is 0 Å². The quantitative estimate of drug-likeness (QED) is 0.633. The lowest BCUT2D eigenvalue weighted by molar-refractivity contribution is 0.0520. The SMILES string of the molecule is CCOC(=O)c1ccccc1OC(=O)c1ccccc1. The Morgan fingerprint density at radius 3 is 2.25 bits per heavy atom. The van der Waals surface area contributed by atoms with Crippen LogP contribution in [-0.2, 0) is 4.74 Å². The second-order valence-corrected chi connectivity index (χ2v) is 3.97. The van der Waals surface area contributed by atoms with Gasteiger partial charge in [-0.25, -0.2) is 9.59 Å². The summed E-state index contributed by atoms with van der Waals surface area (Å²) in [5, 5.41) is 0. The van der Waals surface area contributed by atoms with Crippen molar-refractivity contribution in [2.45, 2.75) is 6.92 Å². The van der Waals surface area contributed by atoms with Gasteiger partial charge >= 0.3 is 11.9 Å². The van der Waals surface area contributed by atoms with Crippen LogP contribution >= 0.6 is 0 Å². The van der Waals surface area contributed by atoms with Crippen molar-refractivity contribution in [1.29, 1.82) is 0 Å². The van der Waals surface area contributed by atoms with Gasteiger partial charge in [-0.05, 0) is 31.2 Å². The first-order chi connectivity index (χ1) is 9.72. The number of carbonyl (C=O) groups is 2. The van der Waals surface area contributed by atoms with Gasteiger partial charge in [-0.1, -0.05) is 30.3 Å². The molecule has 0 saturated carbocycles. The fourth-order valence-corrected chi connectivity index (χ4v) is 1.67. The number of esters is 2. The standard InChI is InChI=1S/C16H14O4/c1-2-19-16(18)13-10-6-7-11-14(13)20-15(17)12-8-4-3-5-9-12/h3-11H,2H2,1H3. The van der Waals surface area contributed by atoms with Crippen molar-refractivity contribution in [2.75, 3.05) is 6.61 Å². The van der Waals surface area contributed by atoms with E-state index in [-0.39, 0.29) is 17.9 Å². The van der Waals surface area contributed by atoms with Crippen molar-refractivity contribution in [3.63, 3.8) is 0 Å². The first kappa shape index (κ1) is 13.8. The number of para-hydroxylation sites is 1. The second kappa shape index (κ2) is 6.52. The van der Waals surface area contributed by atoms with Crippen LogP contribution in [0, 0.1) is 0 Å². The van der Waals surface area contributed by atoms with Crippen LogP contribution in [0.2, 0.25) is 0 Å². The molecule has 2 aromatic carbocycles. The molecule has 0 bridgehead atoms. The van der Waals surface area contributed by atoms with Crippen molar-refractivity contribution in [3.05, 3.63) is 65.7 Å². The molecule has 2 rings (SSSR count). The molecule has 0 N–H and O–H groups in total. The summed E-state index contributed by atoms with van der Waals surface area (Å²) in [6.07, 6.45) is 0. The molecule has 0 spiro atoms. The predicted molar refractivity (Wildman–Crippen MR) is 73.8 cm³/mol. The molecule has 0 fully saturated rings. The van der Waals surface area contributed by atoms with E-state index in [2.05, 4.69) is 0 Å². The molecule has 102 valence electrons. The van der Waals surface area contributed by atoms with E-state index in [9.17, 15) is 9.59 Å². The van der Waals surface area contributed by atoms with Crippen molar-refractivity contribution in [3.8, 4) is 5.75 Å². The van der Waals surface area contributed by atoms with E-state index in [0.29, 0.717) is 5.56 Å². The number of ether oxygens (including phenoxy) is 2. The number of carbonyl (C=O) groups excluding carboxylic acids is 2. The van der Waals surface area contributed by atoms with Gasteiger partial charge in [0.15, 0.2) is 0 Å². The summed E-state index contributed by atoms with van der Waals surface area (Å²) in [6.45, 7) is 1.98. The van der Waals surface area contributed by atoms with Crippen molar-refractivity contribution >= 4 is 11.9 Å². The Morgan fingerprint density at radius 1 is 0.900 bits per heavy atom. The smallest absolute Gasteiger partial charge is 0.343 e. The van der Waals surface area contributed by atoms with Crippen LogP contribution in [0.1, 0.15) is 27.6 Å². The average molecular weight is 270 g/mol. The average Bonchev–Trinajstić information content (AvgIpc) is 2.49. The van der Waals surface area contributed by atoms with Crippen molar-refractivity contribution in [2.24, 2.45) is 0 Å². The van der Waals surface area contributed by atoms with Gasteiger partial charge in [0.05, 0.1) is 12.2 Å². The summed E-state index contributed by atoms with van der Waals surface area (Å²) < 4.78 is 10.2.